The van der Waals surface area contributed by atoms with Crippen LogP contribution in [0.4, 0.5) is 0 Å². The first-order valence-electron chi connectivity index (χ1n) is 5.65. The number of aryl methyl sites for hydroxylation is 1. The van der Waals surface area contributed by atoms with Gasteiger partial charge in [0.2, 0.25) is 10.0 Å². The molecular weight excluding hydrogens is 266 g/mol. The van der Waals surface area contributed by atoms with Gasteiger partial charge in [-0.1, -0.05) is 29.8 Å². The molecule has 96 valence electrons. The molecule has 0 unspecified atom stereocenters. The highest BCUT2D eigenvalue weighted by Gasteiger charge is 2.12. The molecule has 1 aromatic carbocycles. The minimum Gasteiger partial charge on any atom is -0.211 e. The van der Waals surface area contributed by atoms with Crippen molar-refractivity contribution in [2.75, 3.05) is 6.54 Å². The minimum atomic E-state index is -3.33. The van der Waals surface area contributed by atoms with Crippen molar-refractivity contribution in [1.82, 2.24) is 4.72 Å². The van der Waals surface area contributed by atoms with Gasteiger partial charge in [-0.2, -0.15) is 11.3 Å². The average Bonchev–Trinajstić information content (AvgIpc) is 2.86. The summed E-state index contributed by atoms with van der Waals surface area (Å²) in [6.45, 7) is 2.45. The summed E-state index contributed by atoms with van der Waals surface area (Å²) in [6, 6.07) is 9.72. The zero-order valence-electron chi connectivity index (χ0n) is 10.1. The molecule has 2 rings (SSSR count). The topological polar surface area (TPSA) is 46.2 Å². The number of benzene rings is 1. The van der Waals surface area contributed by atoms with Gasteiger partial charge in [-0.15, -0.1) is 0 Å². The van der Waals surface area contributed by atoms with Crippen LogP contribution in [0.2, 0.25) is 0 Å². The lowest BCUT2D eigenvalue weighted by molar-refractivity contribution is 0.582. The molecule has 0 aliphatic carbocycles. The van der Waals surface area contributed by atoms with E-state index in [4.69, 9.17) is 0 Å². The normalized spacial score (nSPS) is 11.6. The number of sulfonamides is 1. The van der Waals surface area contributed by atoms with Crippen LogP contribution in [0.5, 0.6) is 0 Å². The van der Waals surface area contributed by atoms with E-state index in [0.29, 0.717) is 17.9 Å². The van der Waals surface area contributed by atoms with Gasteiger partial charge in [0.25, 0.3) is 0 Å². The number of nitrogens with one attached hydrogen (secondary N) is 1. The quantitative estimate of drug-likeness (QED) is 0.915. The molecule has 1 heterocycles. The second-order valence-corrected chi connectivity index (χ2v) is 6.64. The van der Waals surface area contributed by atoms with E-state index in [-0.39, 0.29) is 0 Å². The molecule has 0 spiro atoms. The highest BCUT2D eigenvalue weighted by molar-refractivity contribution is 7.89. The van der Waals surface area contributed by atoms with E-state index in [1.54, 1.807) is 16.8 Å². The predicted molar refractivity (Wildman–Crippen MR) is 74.4 cm³/mol. The maximum atomic E-state index is 11.8. The molecule has 0 aliphatic rings. The van der Waals surface area contributed by atoms with Crippen molar-refractivity contribution in [3.8, 4) is 0 Å². The Kier molecular flexibility index (Phi) is 4.16. The smallest absolute Gasteiger partial charge is 0.211 e. The Morgan fingerprint density at radius 3 is 2.50 bits per heavy atom. The van der Waals surface area contributed by atoms with Crippen molar-refractivity contribution >= 4 is 21.4 Å². The van der Waals surface area contributed by atoms with Gasteiger partial charge in [0.15, 0.2) is 0 Å². The largest absolute Gasteiger partial charge is 0.241 e. The lowest BCUT2D eigenvalue weighted by Gasteiger charge is -2.05. The number of hydrogen-bond acceptors (Lipinski definition) is 3. The molecule has 2 aromatic rings. The van der Waals surface area contributed by atoms with Gasteiger partial charge in [0.1, 0.15) is 0 Å². The lowest BCUT2D eigenvalue weighted by Crippen LogP contribution is -2.25. The predicted octanol–water partition coefficient (Wildman–Crippen LogP) is 2.58. The van der Waals surface area contributed by atoms with E-state index in [0.717, 1.165) is 5.56 Å². The van der Waals surface area contributed by atoms with Gasteiger partial charge in [-0.3, -0.25) is 0 Å². The third-order valence-corrected chi connectivity index (χ3v) is 4.92. The Balaban J connectivity index is 1.91. The van der Waals surface area contributed by atoms with Crippen LogP contribution in [-0.4, -0.2) is 15.0 Å². The van der Waals surface area contributed by atoms with Crippen LogP contribution in [0, 0.1) is 6.92 Å². The zero-order valence-corrected chi connectivity index (χ0v) is 11.7. The van der Waals surface area contributed by atoms with Gasteiger partial charge < -0.3 is 0 Å². The van der Waals surface area contributed by atoms with Crippen LogP contribution in [0.1, 0.15) is 11.1 Å². The Bertz CT molecular complexity index is 586. The highest BCUT2D eigenvalue weighted by Crippen LogP contribution is 2.12. The fourth-order valence-corrected chi connectivity index (χ4v) is 3.63. The summed E-state index contributed by atoms with van der Waals surface area (Å²) in [5.74, 6) is 0. The first-order valence-corrected chi connectivity index (χ1v) is 8.08. The summed E-state index contributed by atoms with van der Waals surface area (Å²) in [6.07, 6.45) is 0.698. The molecule has 0 atom stereocenters. The molecule has 0 saturated carbocycles. The number of hydrogen-bond donors (Lipinski definition) is 1. The van der Waals surface area contributed by atoms with Gasteiger partial charge in [-0.25, -0.2) is 13.1 Å². The number of rotatable bonds is 5. The van der Waals surface area contributed by atoms with Crippen molar-refractivity contribution in [3.05, 3.63) is 52.2 Å². The number of thiophene rings is 1. The van der Waals surface area contributed by atoms with E-state index in [1.807, 2.05) is 31.2 Å². The third kappa shape index (κ3) is 3.41. The molecule has 0 aliphatic heterocycles. The van der Waals surface area contributed by atoms with Crippen molar-refractivity contribution < 1.29 is 8.42 Å². The van der Waals surface area contributed by atoms with Crippen LogP contribution in [-0.2, 0) is 16.4 Å². The van der Waals surface area contributed by atoms with Crippen LogP contribution < -0.4 is 4.72 Å². The molecular formula is C13H15NO2S2. The van der Waals surface area contributed by atoms with Gasteiger partial charge in [0, 0.05) is 11.9 Å². The molecule has 0 fully saturated rings. The van der Waals surface area contributed by atoms with Crippen LogP contribution in [0.25, 0.3) is 0 Å². The monoisotopic (exact) mass is 281 g/mol. The van der Waals surface area contributed by atoms with Gasteiger partial charge >= 0.3 is 0 Å². The minimum absolute atomic E-state index is 0.344. The lowest BCUT2D eigenvalue weighted by atomic mass is 10.1. The van der Waals surface area contributed by atoms with Crippen LogP contribution in [0.15, 0.2) is 46.0 Å². The Morgan fingerprint density at radius 2 is 1.89 bits per heavy atom. The van der Waals surface area contributed by atoms with E-state index >= 15 is 0 Å². The first-order chi connectivity index (χ1) is 8.58. The van der Waals surface area contributed by atoms with Crippen LogP contribution >= 0.6 is 11.3 Å². The molecule has 0 bridgehead atoms. The Hall–Kier alpha value is -1.17. The maximum absolute atomic E-state index is 11.8. The fraction of sp³-hybridized carbons (Fsp3) is 0.231. The fourth-order valence-electron chi connectivity index (χ4n) is 1.57. The van der Waals surface area contributed by atoms with Crippen molar-refractivity contribution in [2.24, 2.45) is 0 Å². The van der Waals surface area contributed by atoms with Crippen molar-refractivity contribution in [3.63, 3.8) is 0 Å². The molecule has 0 saturated heterocycles. The zero-order chi connectivity index (χ0) is 13.0. The van der Waals surface area contributed by atoms with Crippen LogP contribution in [0.3, 0.4) is 0 Å². The molecule has 1 N–H and O–H groups in total. The summed E-state index contributed by atoms with van der Waals surface area (Å²) >= 11 is 1.38. The summed E-state index contributed by atoms with van der Waals surface area (Å²) < 4.78 is 26.3. The van der Waals surface area contributed by atoms with Gasteiger partial charge in [-0.05, 0) is 30.4 Å². The Morgan fingerprint density at radius 1 is 1.17 bits per heavy atom. The molecule has 0 amide bonds. The van der Waals surface area contributed by atoms with E-state index in [1.165, 1.54) is 16.9 Å². The maximum Gasteiger partial charge on any atom is 0.241 e. The Labute approximate surface area is 112 Å². The highest BCUT2D eigenvalue weighted by atomic mass is 32.2. The summed E-state index contributed by atoms with van der Waals surface area (Å²) in [4.78, 5) is 0.344. The van der Waals surface area contributed by atoms with E-state index in [9.17, 15) is 8.42 Å². The van der Waals surface area contributed by atoms with Crippen molar-refractivity contribution in [1.29, 1.82) is 0 Å². The second kappa shape index (κ2) is 5.65. The van der Waals surface area contributed by atoms with Crippen molar-refractivity contribution in [2.45, 2.75) is 18.2 Å². The molecule has 3 nitrogen and oxygen atoms in total. The van der Waals surface area contributed by atoms with E-state index in [2.05, 4.69) is 4.72 Å². The molecule has 1 aromatic heterocycles. The molecule has 0 radical (unpaired) electrons. The first kappa shape index (κ1) is 13.3. The average molecular weight is 281 g/mol. The summed E-state index contributed by atoms with van der Waals surface area (Å²) in [5, 5.41) is 3.39. The summed E-state index contributed by atoms with van der Waals surface area (Å²) in [7, 11) is -3.33. The van der Waals surface area contributed by atoms with Gasteiger partial charge in [0.05, 0.1) is 4.90 Å². The summed E-state index contributed by atoms with van der Waals surface area (Å²) in [5.41, 5.74) is 2.34. The molecule has 5 heteroatoms. The second-order valence-electron chi connectivity index (χ2n) is 4.09. The third-order valence-electron chi connectivity index (χ3n) is 2.63. The standard InChI is InChI=1S/C13H15NO2S2/c1-11-2-4-12(5-3-11)6-8-14-18(15,16)13-7-9-17-10-13/h2-5,7,9-10,14H,6,8H2,1H3. The SMILES string of the molecule is Cc1ccc(CCNS(=O)(=O)c2ccsc2)cc1. The molecule has 18 heavy (non-hydrogen) atoms. The van der Waals surface area contributed by atoms with E-state index < -0.39 is 10.0 Å².